The van der Waals surface area contributed by atoms with Crippen LogP contribution in [0.3, 0.4) is 0 Å². The van der Waals surface area contributed by atoms with Crippen LogP contribution < -0.4 is 0 Å². The van der Waals surface area contributed by atoms with Crippen molar-refractivity contribution in [1.82, 2.24) is 14.7 Å². The van der Waals surface area contributed by atoms with Crippen molar-refractivity contribution in [1.29, 1.82) is 0 Å². The van der Waals surface area contributed by atoms with Gasteiger partial charge in [-0.1, -0.05) is 43.3 Å². The number of rotatable bonds is 3. The monoisotopic (exact) mass is 374 g/mol. The van der Waals surface area contributed by atoms with Crippen molar-refractivity contribution in [3.63, 3.8) is 0 Å². The summed E-state index contributed by atoms with van der Waals surface area (Å²) in [7, 11) is 1.85. The van der Waals surface area contributed by atoms with E-state index in [0.29, 0.717) is 13.1 Å². The number of aromatic nitrogens is 2. The number of Topliss-reactive ketones (excluding diaryl/α,β-unsaturated/α-hetero) is 1. The van der Waals surface area contributed by atoms with E-state index in [9.17, 15) is 9.59 Å². The van der Waals surface area contributed by atoms with Crippen LogP contribution in [0.1, 0.15) is 24.5 Å². The number of aryl methyl sites for hydroxylation is 1. The third kappa shape index (κ3) is 2.66. The van der Waals surface area contributed by atoms with Crippen molar-refractivity contribution >= 4 is 11.7 Å². The lowest BCUT2D eigenvalue weighted by Crippen LogP contribution is -2.59. The zero-order valence-corrected chi connectivity index (χ0v) is 16.0. The highest BCUT2D eigenvalue weighted by molar-refractivity contribution is 6.04. The van der Waals surface area contributed by atoms with Gasteiger partial charge in [0.2, 0.25) is 11.6 Å². The lowest BCUT2D eigenvalue weighted by Gasteiger charge is -2.50. The Morgan fingerprint density at radius 3 is 2.68 bits per heavy atom. The second-order valence-corrected chi connectivity index (χ2v) is 7.67. The summed E-state index contributed by atoms with van der Waals surface area (Å²) < 4.78 is 1.72. The molecule has 3 atom stereocenters. The molecule has 4 rings (SSSR count). The molecule has 0 saturated carbocycles. The Hall–Kier alpha value is -3.20. The summed E-state index contributed by atoms with van der Waals surface area (Å²) in [6, 6.07) is 9.58. The molecule has 1 saturated heterocycles. The second kappa shape index (κ2) is 6.75. The fraction of sp³-hybridized carbons (Fsp3) is 0.364. The van der Waals surface area contributed by atoms with Crippen LogP contribution in [-0.4, -0.2) is 32.9 Å². The maximum atomic E-state index is 13.8. The van der Waals surface area contributed by atoms with Gasteiger partial charge < -0.3 is 9.69 Å². The number of fused-ring (bicyclic) bond motifs is 1. The van der Waals surface area contributed by atoms with E-state index in [0.717, 1.165) is 17.5 Å². The summed E-state index contributed by atoms with van der Waals surface area (Å²) in [6.07, 6.45) is 6.03. The molecule has 1 aromatic heterocycles. The lowest BCUT2D eigenvalue weighted by atomic mass is 9.58. The molecule has 0 radical (unpaired) electrons. The molecule has 0 bridgehead atoms. The Morgan fingerprint density at radius 1 is 1.29 bits per heavy atom. The van der Waals surface area contributed by atoms with E-state index in [2.05, 4.69) is 9.94 Å². The number of likely N-dealkylation sites (tertiary alicyclic amines) is 1. The van der Waals surface area contributed by atoms with E-state index in [4.69, 9.17) is 6.57 Å². The molecule has 0 unspecified atom stereocenters. The van der Waals surface area contributed by atoms with Gasteiger partial charge in [0.1, 0.15) is 0 Å². The Bertz CT molecular complexity index is 1000. The molecule has 1 amide bonds. The quantitative estimate of drug-likeness (QED) is 0.776. The second-order valence-electron chi connectivity index (χ2n) is 7.67. The normalized spacial score (nSPS) is 27.2. The van der Waals surface area contributed by atoms with E-state index >= 15 is 0 Å². The van der Waals surface area contributed by atoms with Crippen LogP contribution in [-0.2, 0) is 28.6 Å². The first-order valence-corrected chi connectivity index (χ1v) is 9.44. The zero-order valence-electron chi connectivity index (χ0n) is 16.0. The number of hydrogen-bond acceptors (Lipinski definition) is 3. The van der Waals surface area contributed by atoms with Gasteiger partial charge in [-0.25, -0.2) is 4.85 Å². The molecular weight excluding hydrogens is 352 g/mol. The van der Waals surface area contributed by atoms with Crippen LogP contribution >= 0.6 is 0 Å². The molecule has 1 aliphatic heterocycles. The third-order valence-corrected chi connectivity index (χ3v) is 6.07. The number of allylic oxidation sites excluding steroid dienone is 1. The van der Waals surface area contributed by atoms with Crippen LogP contribution in [0.5, 0.6) is 0 Å². The fourth-order valence-electron chi connectivity index (χ4n) is 4.71. The van der Waals surface area contributed by atoms with Crippen LogP contribution in [0.15, 0.2) is 54.5 Å². The van der Waals surface area contributed by atoms with Crippen molar-refractivity contribution in [2.45, 2.75) is 25.3 Å². The number of nitrogens with zero attached hydrogens (tertiary/aromatic N) is 4. The smallest absolute Gasteiger partial charge is 0.236 e. The van der Waals surface area contributed by atoms with Gasteiger partial charge in [-0.15, -0.1) is 0 Å². The fourth-order valence-corrected chi connectivity index (χ4v) is 4.71. The number of amides is 1. The van der Waals surface area contributed by atoms with E-state index in [1.54, 1.807) is 17.0 Å². The van der Waals surface area contributed by atoms with Gasteiger partial charge in [-0.05, 0) is 17.9 Å². The van der Waals surface area contributed by atoms with Gasteiger partial charge in [0, 0.05) is 37.8 Å². The molecule has 28 heavy (non-hydrogen) atoms. The van der Waals surface area contributed by atoms with Gasteiger partial charge in [0.15, 0.2) is 5.78 Å². The molecule has 6 nitrogen and oxygen atoms in total. The molecular formula is C22H22N4O2. The average molecular weight is 374 g/mol. The third-order valence-electron chi connectivity index (χ3n) is 6.07. The Morgan fingerprint density at radius 2 is 2.04 bits per heavy atom. The van der Waals surface area contributed by atoms with Crippen LogP contribution in [0.25, 0.3) is 4.85 Å². The van der Waals surface area contributed by atoms with E-state index < -0.39 is 5.41 Å². The zero-order chi connectivity index (χ0) is 19.9. The van der Waals surface area contributed by atoms with Crippen molar-refractivity contribution < 1.29 is 9.59 Å². The van der Waals surface area contributed by atoms with Crippen molar-refractivity contribution in [2.75, 3.05) is 6.54 Å². The standard InChI is InChI=1S/C22H22N4O2/c1-15-18-9-10-26(14-16-12-24-25(3)13-16)21(28)22(18,11-19(23-2)20(15)27)17-7-5-4-6-8-17/h4-8,11-13,15,18H,9-10,14H2,1,3H3/t15-,18-,22+/m0/s1. The summed E-state index contributed by atoms with van der Waals surface area (Å²) >= 11 is 0. The lowest BCUT2D eigenvalue weighted by molar-refractivity contribution is -0.145. The van der Waals surface area contributed by atoms with Gasteiger partial charge >= 0.3 is 0 Å². The summed E-state index contributed by atoms with van der Waals surface area (Å²) in [4.78, 5) is 31.8. The molecule has 0 spiro atoms. The van der Waals surface area contributed by atoms with Crippen LogP contribution in [0.2, 0.25) is 0 Å². The maximum absolute atomic E-state index is 13.8. The van der Waals surface area contributed by atoms with E-state index in [-0.39, 0.29) is 29.2 Å². The first kappa shape index (κ1) is 18.2. The molecule has 1 aliphatic carbocycles. The molecule has 2 aromatic rings. The molecule has 2 heterocycles. The largest absolute Gasteiger partial charge is 0.337 e. The highest BCUT2D eigenvalue weighted by atomic mass is 16.2. The van der Waals surface area contributed by atoms with Crippen molar-refractivity contribution in [3.8, 4) is 0 Å². The topological polar surface area (TPSA) is 59.6 Å². The minimum Gasteiger partial charge on any atom is -0.337 e. The molecule has 1 fully saturated rings. The van der Waals surface area contributed by atoms with Crippen molar-refractivity contribution in [2.24, 2.45) is 18.9 Å². The molecule has 6 heteroatoms. The Labute approximate surface area is 164 Å². The van der Waals surface area contributed by atoms with Gasteiger partial charge in [-0.2, -0.15) is 5.10 Å². The van der Waals surface area contributed by atoms with E-state index in [1.165, 1.54) is 0 Å². The predicted molar refractivity (Wildman–Crippen MR) is 104 cm³/mol. The Balaban J connectivity index is 1.84. The van der Waals surface area contributed by atoms with Crippen molar-refractivity contribution in [3.05, 3.63) is 77.0 Å². The molecule has 142 valence electrons. The number of benzene rings is 1. The summed E-state index contributed by atoms with van der Waals surface area (Å²) in [5.74, 6) is -0.705. The van der Waals surface area contributed by atoms with Crippen LogP contribution in [0, 0.1) is 18.4 Å². The number of carbonyl (C=O) groups excluding carboxylic acids is 2. The number of carbonyl (C=O) groups is 2. The minimum atomic E-state index is -0.977. The first-order chi connectivity index (χ1) is 13.5. The van der Waals surface area contributed by atoms with E-state index in [1.807, 2.05) is 55.4 Å². The van der Waals surface area contributed by atoms with Crippen LogP contribution in [0.4, 0.5) is 0 Å². The summed E-state index contributed by atoms with van der Waals surface area (Å²) in [5.41, 5.74) is 0.909. The summed E-state index contributed by atoms with van der Waals surface area (Å²) in [6.45, 7) is 10.4. The predicted octanol–water partition coefficient (Wildman–Crippen LogP) is 2.73. The van der Waals surface area contributed by atoms with Gasteiger partial charge in [0.05, 0.1) is 18.2 Å². The summed E-state index contributed by atoms with van der Waals surface area (Å²) in [5, 5.41) is 4.19. The minimum absolute atomic E-state index is 0.0423. The maximum Gasteiger partial charge on any atom is 0.236 e. The SMILES string of the molecule is [C-]#[N+]C1=C[C@]2(c3ccccc3)C(=O)N(Cc3cnn(C)c3)CC[C@H]2[C@H](C)C1=O. The number of ketones is 1. The van der Waals surface area contributed by atoms with Gasteiger partial charge in [-0.3, -0.25) is 9.48 Å². The number of hydrogen-bond donors (Lipinski definition) is 0. The number of piperidine rings is 1. The highest BCUT2D eigenvalue weighted by Gasteiger charge is 2.56. The Kier molecular flexibility index (Phi) is 4.38. The molecule has 0 N–H and O–H groups in total. The first-order valence-electron chi connectivity index (χ1n) is 9.44. The molecule has 1 aromatic carbocycles. The highest BCUT2D eigenvalue weighted by Crippen LogP contribution is 2.49. The van der Waals surface area contributed by atoms with Gasteiger partial charge in [0.25, 0.3) is 0 Å². The average Bonchev–Trinajstić information content (AvgIpc) is 3.12. The molecule has 2 aliphatic rings.